The van der Waals surface area contributed by atoms with Crippen molar-refractivity contribution >= 4 is 11.3 Å². The van der Waals surface area contributed by atoms with Gasteiger partial charge in [0.05, 0.1) is 0 Å². The zero-order chi connectivity index (χ0) is 13.2. The molecular weight excluding hydrogens is 242 g/mol. The van der Waals surface area contributed by atoms with E-state index < -0.39 is 0 Å². The van der Waals surface area contributed by atoms with Crippen LogP contribution in [0.15, 0.2) is 12.1 Å². The number of nitrogens with one attached hydrogen (secondary N) is 1. The maximum Gasteiger partial charge on any atom is 0.0483 e. The molecule has 1 aromatic rings. The average molecular weight is 267 g/mol. The Hall–Kier alpha value is -0.380. The monoisotopic (exact) mass is 267 g/mol. The van der Waals surface area contributed by atoms with Crippen molar-refractivity contribution in [3.63, 3.8) is 0 Å². The molecular formula is C15H25NOS. The van der Waals surface area contributed by atoms with Crippen LogP contribution in [0.4, 0.5) is 0 Å². The molecule has 2 nitrogen and oxygen atoms in total. The Morgan fingerprint density at radius 1 is 1.28 bits per heavy atom. The molecule has 0 bridgehead atoms. The van der Waals surface area contributed by atoms with Gasteiger partial charge in [-0.2, -0.15) is 0 Å². The van der Waals surface area contributed by atoms with Crippen molar-refractivity contribution in [1.82, 2.24) is 5.32 Å². The smallest absolute Gasteiger partial charge is 0.0483 e. The molecule has 1 aliphatic heterocycles. The molecule has 102 valence electrons. The summed E-state index contributed by atoms with van der Waals surface area (Å²) in [5.41, 5.74) is 0.523. The first-order valence-electron chi connectivity index (χ1n) is 6.81. The molecule has 0 unspecified atom stereocenters. The number of hydrogen-bond acceptors (Lipinski definition) is 3. The molecule has 0 saturated carbocycles. The summed E-state index contributed by atoms with van der Waals surface area (Å²) in [4.78, 5) is 2.91. The Morgan fingerprint density at radius 2 is 1.94 bits per heavy atom. The van der Waals surface area contributed by atoms with E-state index in [1.807, 2.05) is 11.3 Å². The highest BCUT2D eigenvalue weighted by Gasteiger charge is 2.26. The minimum atomic E-state index is 0.254. The Bertz CT molecular complexity index is 385. The summed E-state index contributed by atoms with van der Waals surface area (Å²) in [6.07, 6.45) is 2.23. The Morgan fingerprint density at radius 3 is 2.50 bits per heavy atom. The SMILES string of the molecule is CC1(NCc2ccc(C(C)(C)C)s2)CCOCC1. The maximum atomic E-state index is 5.43. The Balaban J connectivity index is 1.92. The third-order valence-corrected chi connectivity index (χ3v) is 5.20. The lowest BCUT2D eigenvalue weighted by molar-refractivity contribution is 0.0447. The van der Waals surface area contributed by atoms with Gasteiger partial charge in [-0.1, -0.05) is 20.8 Å². The second-order valence-corrected chi connectivity index (χ2v) is 7.71. The lowest BCUT2D eigenvalue weighted by Crippen LogP contribution is -2.46. The predicted octanol–water partition coefficient (Wildman–Crippen LogP) is 3.70. The molecule has 2 heterocycles. The molecule has 18 heavy (non-hydrogen) atoms. The summed E-state index contributed by atoms with van der Waals surface area (Å²) in [6, 6.07) is 4.54. The molecule has 0 amide bonds. The average Bonchev–Trinajstić information content (AvgIpc) is 2.76. The lowest BCUT2D eigenvalue weighted by atomic mass is 9.92. The fourth-order valence-electron chi connectivity index (χ4n) is 2.18. The van der Waals surface area contributed by atoms with Crippen LogP contribution in [0.3, 0.4) is 0 Å². The van der Waals surface area contributed by atoms with E-state index >= 15 is 0 Å². The maximum absolute atomic E-state index is 5.43. The van der Waals surface area contributed by atoms with Crippen LogP contribution in [-0.4, -0.2) is 18.8 Å². The van der Waals surface area contributed by atoms with Crippen LogP contribution < -0.4 is 5.32 Å². The summed E-state index contributed by atoms with van der Waals surface area (Å²) in [5, 5.41) is 3.71. The molecule has 0 radical (unpaired) electrons. The van der Waals surface area contributed by atoms with Gasteiger partial charge in [-0.3, -0.25) is 0 Å². The molecule has 0 atom stereocenters. The molecule has 0 spiro atoms. The van der Waals surface area contributed by atoms with E-state index in [2.05, 4.69) is 45.1 Å². The highest BCUT2D eigenvalue weighted by Crippen LogP contribution is 2.30. The quantitative estimate of drug-likeness (QED) is 0.901. The van der Waals surface area contributed by atoms with Gasteiger partial charge in [0, 0.05) is 35.1 Å². The normalized spacial score (nSPS) is 20.0. The van der Waals surface area contributed by atoms with Crippen molar-refractivity contribution in [3.8, 4) is 0 Å². The Labute approximate surface area is 115 Å². The van der Waals surface area contributed by atoms with Gasteiger partial charge < -0.3 is 10.1 Å². The second kappa shape index (κ2) is 5.32. The van der Waals surface area contributed by atoms with Crippen LogP contribution in [-0.2, 0) is 16.7 Å². The van der Waals surface area contributed by atoms with E-state index in [1.54, 1.807) is 0 Å². The van der Waals surface area contributed by atoms with Gasteiger partial charge in [0.15, 0.2) is 0 Å². The minimum Gasteiger partial charge on any atom is -0.381 e. The van der Waals surface area contributed by atoms with Gasteiger partial charge in [0.2, 0.25) is 0 Å². The zero-order valence-electron chi connectivity index (χ0n) is 12.0. The summed E-state index contributed by atoms with van der Waals surface area (Å²) in [5.74, 6) is 0. The van der Waals surface area contributed by atoms with Crippen molar-refractivity contribution < 1.29 is 4.74 Å². The highest BCUT2D eigenvalue weighted by atomic mass is 32.1. The van der Waals surface area contributed by atoms with E-state index in [4.69, 9.17) is 4.74 Å². The van der Waals surface area contributed by atoms with Gasteiger partial charge in [0.25, 0.3) is 0 Å². The third kappa shape index (κ3) is 3.56. The number of hydrogen-bond donors (Lipinski definition) is 1. The largest absolute Gasteiger partial charge is 0.381 e. The first-order valence-corrected chi connectivity index (χ1v) is 7.63. The minimum absolute atomic E-state index is 0.254. The lowest BCUT2D eigenvalue weighted by Gasteiger charge is -2.34. The molecule has 1 N–H and O–H groups in total. The highest BCUT2D eigenvalue weighted by molar-refractivity contribution is 7.12. The molecule has 1 aliphatic rings. The molecule has 0 aromatic carbocycles. The van der Waals surface area contributed by atoms with Crippen LogP contribution in [0, 0.1) is 0 Å². The van der Waals surface area contributed by atoms with Crippen molar-refractivity contribution in [2.24, 2.45) is 0 Å². The van der Waals surface area contributed by atoms with Crippen molar-refractivity contribution in [2.75, 3.05) is 13.2 Å². The molecule has 2 rings (SSSR count). The zero-order valence-corrected chi connectivity index (χ0v) is 12.8. The van der Waals surface area contributed by atoms with Crippen LogP contribution in [0.1, 0.15) is 50.3 Å². The van der Waals surface area contributed by atoms with Crippen molar-refractivity contribution in [1.29, 1.82) is 0 Å². The van der Waals surface area contributed by atoms with Gasteiger partial charge in [-0.05, 0) is 37.3 Å². The standard InChI is InChI=1S/C15H25NOS/c1-14(2,3)13-6-5-12(18-13)11-16-15(4)7-9-17-10-8-15/h5-6,16H,7-11H2,1-4H3. The first-order chi connectivity index (χ1) is 8.39. The van der Waals surface area contributed by atoms with E-state index in [1.165, 1.54) is 9.75 Å². The number of rotatable bonds is 3. The van der Waals surface area contributed by atoms with E-state index in [9.17, 15) is 0 Å². The molecule has 1 fully saturated rings. The predicted molar refractivity (Wildman–Crippen MR) is 78.3 cm³/mol. The first kappa shape index (κ1) is 14.0. The van der Waals surface area contributed by atoms with E-state index in [-0.39, 0.29) is 11.0 Å². The summed E-state index contributed by atoms with van der Waals surface area (Å²) in [7, 11) is 0. The van der Waals surface area contributed by atoms with Crippen LogP contribution >= 0.6 is 11.3 Å². The number of thiophene rings is 1. The fourth-order valence-corrected chi connectivity index (χ4v) is 3.18. The van der Waals surface area contributed by atoms with Crippen LogP contribution in [0.5, 0.6) is 0 Å². The fraction of sp³-hybridized carbons (Fsp3) is 0.733. The van der Waals surface area contributed by atoms with Crippen LogP contribution in [0.2, 0.25) is 0 Å². The van der Waals surface area contributed by atoms with Gasteiger partial charge in [-0.25, -0.2) is 0 Å². The molecule has 1 saturated heterocycles. The van der Waals surface area contributed by atoms with Gasteiger partial charge >= 0.3 is 0 Å². The third-order valence-electron chi connectivity index (χ3n) is 3.69. The summed E-state index contributed by atoms with van der Waals surface area (Å²) < 4.78 is 5.43. The molecule has 1 aromatic heterocycles. The Kier molecular flexibility index (Phi) is 4.15. The van der Waals surface area contributed by atoms with E-state index in [0.717, 1.165) is 32.6 Å². The van der Waals surface area contributed by atoms with Crippen molar-refractivity contribution in [3.05, 3.63) is 21.9 Å². The van der Waals surface area contributed by atoms with E-state index in [0.29, 0.717) is 0 Å². The van der Waals surface area contributed by atoms with Gasteiger partial charge in [0.1, 0.15) is 0 Å². The molecule has 3 heteroatoms. The topological polar surface area (TPSA) is 21.3 Å². The van der Waals surface area contributed by atoms with Crippen LogP contribution in [0.25, 0.3) is 0 Å². The summed E-state index contributed by atoms with van der Waals surface area (Å²) >= 11 is 1.93. The summed E-state index contributed by atoms with van der Waals surface area (Å²) in [6.45, 7) is 11.9. The van der Waals surface area contributed by atoms with Crippen molar-refractivity contribution in [2.45, 2.75) is 58.0 Å². The number of ether oxygens (including phenoxy) is 1. The van der Waals surface area contributed by atoms with Gasteiger partial charge in [-0.15, -0.1) is 11.3 Å². The second-order valence-electron chi connectivity index (χ2n) is 6.54. The molecule has 0 aliphatic carbocycles.